The predicted molar refractivity (Wildman–Crippen MR) is 60.3 cm³/mol. The summed E-state index contributed by atoms with van der Waals surface area (Å²) in [6, 6.07) is 7.92. The lowest BCUT2D eigenvalue weighted by atomic mass is 10.2. The van der Waals surface area contributed by atoms with Crippen LogP contribution in [0.4, 0.5) is 0 Å². The first-order valence-electron chi connectivity index (χ1n) is 4.50. The second kappa shape index (κ2) is 5.81. The van der Waals surface area contributed by atoms with Crippen LogP contribution in [0.15, 0.2) is 61.4 Å². The largest absolute Gasteiger partial charge is 0.465 e. The highest BCUT2D eigenvalue weighted by molar-refractivity contribution is 5.27. The first kappa shape index (κ1) is 10.3. The number of rotatable bonds is 4. The van der Waals surface area contributed by atoms with Gasteiger partial charge in [-0.1, -0.05) is 42.5 Å². The maximum atomic E-state index is 5.34. The van der Waals surface area contributed by atoms with E-state index in [4.69, 9.17) is 4.74 Å². The molecule has 0 spiro atoms. The van der Waals surface area contributed by atoms with Crippen LogP contribution >= 0.6 is 0 Å². The van der Waals surface area contributed by atoms with Crippen LogP contribution in [0, 0.1) is 6.92 Å². The van der Waals surface area contributed by atoms with Gasteiger partial charge in [0, 0.05) is 0 Å². The fraction of sp³-hybridized carbons (Fsp3) is 0.0769. The topological polar surface area (TPSA) is 9.23 Å². The van der Waals surface area contributed by atoms with E-state index in [1.54, 1.807) is 12.3 Å². The lowest BCUT2D eigenvalue weighted by Crippen LogP contribution is -1.80. The van der Waals surface area contributed by atoms with Crippen molar-refractivity contribution in [1.29, 1.82) is 0 Å². The van der Waals surface area contributed by atoms with Gasteiger partial charge in [-0.05, 0) is 25.1 Å². The molecule has 1 heteroatoms. The molecule has 0 aliphatic rings. The minimum atomic E-state index is 0.846. The van der Waals surface area contributed by atoms with Crippen LogP contribution in [0.5, 0.6) is 5.75 Å². The Bertz CT molecular complexity index is 331. The van der Waals surface area contributed by atoms with Crippen molar-refractivity contribution >= 4 is 0 Å². The molecule has 0 radical (unpaired) electrons. The summed E-state index contributed by atoms with van der Waals surface area (Å²) in [5.41, 5.74) is 1.23. The molecule has 1 nitrogen and oxygen atoms in total. The van der Waals surface area contributed by atoms with E-state index in [9.17, 15) is 0 Å². The average Bonchev–Trinajstić information content (AvgIpc) is 2.21. The van der Waals surface area contributed by atoms with E-state index >= 15 is 0 Å². The highest BCUT2D eigenvalue weighted by Gasteiger charge is 1.87. The molecule has 0 saturated carbocycles. The zero-order valence-corrected chi connectivity index (χ0v) is 8.31. The molecule has 0 bridgehead atoms. The van der Waals surface area contributed by atoms with E-state index in [-0.39, 0.29) is 0 Å². The van der Waals surface area contributed by atoms with Crippen molar-refractivity contribution in [1.82, 2.24) is 0 Å². The van der Waals surface area contributed by atoms with Crippen LogP contribution in [0.2, 0.25) is 0 Å². The SMILES string of the molecule is C=C/C=C\C=C/Oc1ccc(C)cc1. The molecule has 1 aromatic rings. The Morgan fingerprint density at radius 2 is 1.79 bits per heavy atom. The van der Waals surface area contributed by atoms with Gasteiger partial charge in [-0.3, -0.25) is 0 Å². The van der Waals surface area contributed by atoms with Crippen LogP contribution in [0.3, 0.4) is 0 Å². The van der Waals surface area contributed by atoms with Gasteiger partial charge >= 0.3 is 0 Å². The molecule has 0 amide bonds. The van der Waals surface area contributed by atoms with E-state index in [0.29, 0.717) is 0 Å². The highest BCUT2D eigenvalue weighted by Crippen LogP contribution is 2.11. The molecule has 0 N–H and O–H groups in total. The Kier molecular flexibility index (Phi) is 4.29. The standard InChI is InChI=1S/C13H14O/c1-3-4-5-6-11-14-13-9-7-12(2)8-10-13/h3-11H,1H2,2H3/b5-4-,11-6-. The van der Waals surface area contributed by atoms with Gasteiger partial charge in [0.25, 0.3) is 0 Å². The number of allylic oxidation sites excluding steroid dienone is 4. The molecule has 72 valence electrons. The van der Waals surface area contributed by atoms with E-state index in [1.807, 2.05) is 49.4 Å². The summed E-state index contributed by atoms with van der Waals surface area (Å²) < 4.78 is 5.34. The predicted octanol–water partition coefficient (Wildman–Crippen LogP) is 3.63. The molecule has 0 aliphatic heterocycles. The van der Waals surface area contributed by atoms with Gasteiger partial charge in [0.1, 0.15) is 5.75 Å². The van der Waals surface area contributed by atoms with E-state index in [0.717, 1.165) is 5.75 Å². The van der Waals surface area contributed by atoms with Crippen LogP contribution < -0.4 is 4.74 Å². The zero-order chi connectivity index (χ0) is 10.2. The van der Waals surface area contributed by atoms with Crippen molar-refractivity contribution in [3.8, 4) is 5.75 Å². The lowest BCUT2D eigenvalue weighted by molar-refractivity contribution is 0.481. The van der Waals surface area contributed by atoms with Crippen LogP contribution in [-0.2, 0) is 0 Å². The minimum Gasteiger partial charge on any atom is -0.465 e. The maximum Gasteiger partial charge on any atom is 0.126 e. The van der Waals surface area contributed by atoms with Gasteiger partial charge in [-0.15, -0.1) is 0 Å². The van der Waals surface area contributed by atoms with Gasteiger partial charge < -0.3 is 4.74 Å². The third-order valence-electron chi connectivity index (χ3n) is 1.66. The molecular formula is C13H14O. The number of benzene rings is 1. The quantitative estimate of drug-likeness (QED) is 0.515. The molecule has 14 heavy (non-hydrogen) atoms. The van der Waals surface area contributed by atoms with Gasteiger partial charge in [0.2, 0.25) is 0 Å². The van der Waals surface area contributed by atoms with Crippen molar-refractivity contribution < 1.29 is 4.74 Å². The first-order chi connectivity index (χ1) is 6.83. The molecule has 0 saturated heterocycles. The summed E-state index contributed by atoms with van der Waals surface area (Å²) in [4.78, 5) is 0. The Morgan fingerprint density at radius 1 is 1.07 bits per heavy atom. The van der Waals surface area contributed by atoms with Crippen LogP contribution in [0.25, 0.3) is 0 Å². The highest BCUT2D eigenvalue weighted by atomic mass is 16.5. The number of hydrogen-bond donors (Lipinski definition) is 0. The summed E-state index contributed by atoms with van der Waals surface area (Å²) in [7, 11) is 0. The Morgan fingerprint density at radius 3 is 2.43 bits per heavy atom. The van der Waals surface area contributed by atoms with E-state index in [2.05, 4.69) is 6.58 Å². The second-order valence-electron chi connectivity index (χ2n) is 2.88. The number of hydrogen-bond acceptors (Lipinski definition) is 1. The molecule has 0 atom stereocenters. The molecule has 0 aromatic heterocycles. The van der Waals surface area contributed by atoms with Crippen molar-refractivity contribution in [2.75, 3.05) is 0 Å². The number of aryl methyl sites for hydroxylation is 1. The Hall–Kier alpha value is -1.76. The second-order valence-corrected chi connectivity index (χ2v) is 2.88. The monoisotopic (exact) mass is 186 g/mol. The summed E-state index contributed by atoms with van der Waals surface area (Å²) in [5, 5.41) is 0. The fourth-order valence-corrected chi connectivity index (χ4v) is 0.923. The van der Waals surface area contributed by atoms with Crippen molar-refractivity contribution in [2.45, 2.75) is 6.92 Å². The summed E-state index contributed by atoms with van der Waals surface area (Å²) in [5.74, 6) is 0.846. The molecule has 0 aliphatic carbocycles. The molecular weight excluding hydrogens is 172 g/mol. The molecule has 1 aromatic carbocycles. The average molecular weight is 186 g/mol. The minimum absolute atomic E-state index is 0.846. The fourth-order valence-electron chi connectivity index (χ4n) is 0.923. The van der Waals surface area contributed by atoms with Gasteiger partial charge in [-0.25, -0.2) is 0 Å². The van der Waals surface area contributed by atoms with Gasteiger partial charge in [-0.2, -0.15) is 0 Å². The third kappa shape index (κ3) is 3.76. The Balaban J connectivity index is 2.45. The van der Waals surface area contributed by atoms with Crippen LogP contribution in [-0.4, -0.2) is 0 Å². The summed E-state index contributed by atoms with van der Waals surface area (Å²) in [6.07, 6.45) is 8.89. The molecule has 0 fully saturated rings. The first-order valence-corrected chi connectivity index (χ1v) is 4.50. The summed E-state index contributed by atoms with van der Waals surface area (Å²) >= 11 is 0. The van der Waals surface area contributed by atoms with Crippen molar-refractivity contribution in [3.63, 3.8) is 0 Å². The van der Waals surface area contributed by atoms with Crippen molar-refractivity contribution in [3.05, 3.63) is 67.0 Å². The van der Waals surface area contributed by atoms with E-state index < -0.39 is 0 Å². The third-order valence-corrected chi connectivity index (χ3v) is 1.66. The van der Waals surface area contributed by atoms with Gasteiger partial charge in [0.15, 0.2) is 0 Å². The van der Waals surface area contributed by atoms with Crippen LogP contribution in [0.1, 0.15) is 5.56 Å². The molecule has 0 heterocycles. The maximum absolute atomic E-state index is 5.34. The number of ether oxygens (including phenoxy) is 1. The lowest BCUT2D eigenvalue weighted by Gasteiger charge is -1.98. The van der Waals surface area contributed by atoms with E-state index in [1.165, 1.54) is 5.56 Å². The Labute approximate surface area is 85.0 Å². The summed E-state index contributed by atoms with van der Waals surface area (Å²) in [6.45, 7) is 5.61. The normalized spacial score (nSPS) is 10.9. The molecule has 1 rings (SSSR count). The molecule has 0 unspecified atom stereocenters. The zero-order valence-electron chi connectivity index (χ0n) is 8.31. The van der Waals surface area contributed by atoms with Crippen molar-refractivity contribution in [2.24, 2.45) is 0 Å². The smallest absolute Gasteiger partial charge is 0.126 e. The van der Waals surface area contributed by atoms with Gasteiger partial charge in [0.05, 0.1) is 6.26 Å².